The first-order valence-electron chi connectivity index (χ1n) is 7.49. The summed E-state index contributed by atoms with van der Waals surface area (Å²) in [6.07, 6.45) is -0.968. The molecule has 0 amide bonds. The second-order valence-corrected chi connectivity index (χ2v) is 5.56. The van der Waals surface area contributed by atoms with Gasteiger partial charge in [0.25, 0.3) is 0 Å². The fraction of sp³-hybridized carbons (Fsp3) is 0.263. The SMILES string of the molecule is COc1ccc(C(=O)O[C@H](C)C(=O)c2ccc(C)c(C)c2)cc1F. The van der Waals surface area contributed by atoms with Crippen molar-refractivity contribution >= 4 is 11.8 Å². The average molecular weight is 330 g/mol. The van der Waals surface area contributed by atoms with Gasteiger partial charge in [-0.2, -0.15) is 0 Å². The van der Waals surface area contributed by atoms with Crippen LogP contribution in [-0.2, 0) is 4.74 Å². The number of Topliss-reactive ketones (excluding diaryl/α,β-unsaturated/α-hetero) is 1. The van der Waals surface area contributed by atoms with Gasteiger partial charge in [0, 0.05) is 5.56 Å². The van der Waals surface area contributed by atoms with E-state index in [1.54, 1.807) is 12.1 Å². The molecule has 2 aromatic rings. The molecule has 0 saturated carbocycles. The molecule has 0 aromatic heterocycles. The summed E-state index contributed by atoms with van der Waals surface area (Å²) in [5, 5.41) is 0. The highest BCUT2D eigenvalue weighted by molar-refractivity contribution is 6.01. The zero-order valence-corrected chi connectivity index (χ0v) is 14.1. The van der Waals surface area contributed by atoms with Crippen LogP contribution in [0.4, 0.5) is 4.39 Å². The van der Waals surface area contributed by atoms with Gasteiger partial charge >= 0.3 is 5.97 Å². The largest absolute Gasteiger partial charge is 0.494 e. The number of esters is 1. The molecule has 0 spiro atoms. The van der Waals surface area contributed by atoms with Crippen molar-refractivity contribution in [2.24, 2.45) is 0 Å². The third-order valence-electron chi connectivity index (χ3n) is 3.83. The van der Waals surface area contributed by atoms with Crippen LogP contribution in [0, 0.1) is 19.7 Å². The van der Waals surface area contributed by atoms with Gasteiger partial charge in [-0.3, -0.25) is 4.79 Å². The number of carbonyl (C=O) groups excluding carboxylic acids is 2. The van der Waals surface area contributed by atoms with E-state index in [2.05, 4.69) is 0 Å². The van der Waals surface area contributed by atoms with Crippen molar-refractivity contribution in [3.05, 3.63) is 64.5 Å². The highest BCUT2D eigenvalue weighted by Gasteiger charge is 2.21. The Balaban J connectivity index is 2.11. The molecule has 0 aliphatic rings. The first-order chi connectivity index (χ1) is 11.3. The predicted octanol–water partition coefficient (Wildman–Crippen LogP) is 3.88. The Morgan fingerprint density at radius 1 is 1.00 bits per heavy atom. The number of methoxy groups -OCH3 is 1. The lowest BCUT2D eigenvalue weighted by molar-refractivity contribution is 0.0318. The van der Waals surface area contributed by atoms with E-state index in [1.165, 1.54) is 26.2 Å². The molecule has 5 heteroatoms. The molecule has 2 aromatic carbocycles. The van der Waals surface area contributed by atoms with E-state index in [-0.39, 0.29) is 17.1 Å². The van der Waals surface area contributed by atoms with Crippen molar-refractivity contribution in [2.75, 3.05) is 7.11 Å². The van der Waals surface area contributed by atoms with Gasteiger partial charge in [-0.05, 0) is 56.2 Å². The van der Waals surface area contributed by atoms with E-state index in [9.17, 15) is 14.0 Å². The fourth-order valence-electron chi connectivity index (χ4n) is 2.20. The van der Waals surface area contributed by atoms with Crippen LogP contribution in [0.15, 0.2) is 36.4 Å². The average Bonchev–Trinajstić information content (AvgIpc) is 2.56. The lowest BCUT2D eigenvalue weighted by Gasteiger charge is -2.13. The number of benzene rings is 2. The maximum Gasteiger partial charge on any atom is 0.338 e. The number of ether oxygens (including phenoxy) is 2. The number of hydrogen-bond donors (Lipinski definition) is 0. The van der Waals surface area contributed by atoms with E-state index in [0.717, 1.165) is 17.2 Å². The van der Waals surface area contributed by atoms with Crippen molar-refractivity contribution in [3.63, 3.8) is 0 Å². The molecule has 0 aliphatic heterocycles. The minimum Gasteiger partial charge on any atom is -0.494 e. The number of rotatable bonds is 5. The zero-order valence-electron chi connectivity index (χ0n) is 14.1. The Labute approximate surface area is 140 Å². The van der Waals surface area contributed by atoms with Gasteiger partial charge in [-0.25, -0.2) is 9.18 Å². The number of hydrogen-bond acceptors (Lipinski definition) is 4. The molecule has 0 bridgehead atoms. The van der Waals surface area contributed by atoms with Crippen LogP contribution in [0.5, 0.6) is 5.75 Å². The predicted molar refractivity (Wildman–Crippen MR) is 88.1 cm³/mol. The molecule has 24 heavy (non-hydrogen) atoms. The Kier molecular flexibility index (Phi) is 5.34. The molecule has 0 unspecified atom stereocenters. The number of aryl methyl sites for hydroxylation is 2. The van der Waals surface area contributed by atoms with Gasteiger partial charge in [0.2, 0.25) is 5.78 Å². The summed E-state index contributed by atoms with van der Waals surface area (Å²) in [6, 6.07) is 9.04. The Hall–Kier alpha value is -2.69. The van der Waals surface area contributed by atoms with Crippen LogP contribution in [0.3, 0.4) is 0 Å². The normalized spacial score (nSPS) is 11.7. The topological polar surface area (TPSA) is 52.6 Å². The van der Waals surface area contributed by atoms with Crippen molar-refractivity contribution < 1.29 is 23.5 Å². The van der Waals surface area contributed by atoms with Gasteiger partial charge in [-0.1, -0.05) is 12.1 Å². The highest BCUT2D eigenvalue weighted by atomic mass is 19.1. The van der Waals surface area contributed by atoms with E-state index < -0.39 is 17.9 Å². The quantitative estimate of drug-likeness (QED) is 0.617. The van der Waals surface area contributed by atoms with Gasteiger partial charge in [0.1, 0.15) is 0 Å². The molecule has 0 N–H and O–H groups in total. The maximum absolute atomic E-state index is 13.7. The summed E-state index contributed by atoms with van der Waals surface area (Å²) >= 11 is 0. The molecule has 0 aliphatic carbocycles. The van der Waals surface area contributed by atoms with Crippen molar-refractivity contribution in [2.45, 2.75) is 26.9 Å². The van der Waals surface area contributed by atoms with Gasteiger partial charge in [0.15, 0.2) is 17.7 Å². The highest BCUT2D eigenvalue weighted by Crippen LogP contribution is 2.19. The van der Waals surface area contributed by atoms with Crippen LogP contribution in [-0.4, -0.2) is 25.0 Å². The minimum absolute atomic E-state index is 0.0213. The first kappa shape index (κ1) is 17.7. The fourth-order valence-corrected chi connectivity index (χ4v) is 2.20. The smallest absolute Gasteiger partial charge is 0.338 e. The second-order valence-electron chi connectivity index (χ2n) is 5.56. The van der Waals surface area contributed by atoms with Crippen molar-refractivity contribution in [1.82, 2.24) is 0 Å². The molecule has 0 saturated heterocycles. The monoisotopic (exact) mass is 330 g/mol. The lowest BCUT2D eigenvalue weighted by Crippen LogP contribution is -2.24. The summed E-state index contributed by atoms with van der Waals surface area (Å²) in [4.78, 5) is 24.5. The van der Waals surface area contributed by atoms with E-state index >= 15 is 0 Å². The van der Waals surface area contributed by atoms with Crippen LogP contribution >= 0.6 is 0 Å². The molecular weight excluding hydrogens is 311 g/mol. The Morgan fingerprint density at radius 2 is 1.67 bits per heavy atom. The lowest BCUT2D eigenvalue weighted by atomic mass is 10.0. The van der Waals surface area contributed by atoms with Crippen LogP contribution in [0.2, 0.25) is 0 Å². The van der Waals surface area contributed by atoms with E-state index in [4.69, 9.17) is 9.47 Å². The van der Waals surface area contributed by atoms with E-state index in [1.807, 2.05) is 19.9 Å². The molecule has 4 nitrogen and oxygen atoms in total. The molecule has 0 heterocycles. The van der Waals surface area contributed by atoms with Crippen molar-refractivity contribution in [1.29, 1.82) is 0 Å². The molecular formula is C19H19FO4. The summed E-state index contributed by atoms with van der Waals surface area (Å²) < 4.78 is 23.6. The Morgan fingerprint density at radius 3 is 2.25 bits per heavy atom. The van der Waals surface area contributed by atoms with Gasteiger partial charge in [-0.15, -0.1) is 0 Å². The van der Waals surface area contributed by atoms with Crippen LogP contribution in [0.25, 0.3) is 0 Å². The standard InChI is InChI=1S/C19H19FO4/c1-11-5-6-14(9-12(11)2)18(21)13(3)24-19(22)15-7-8-17(23-4)16(20)10-15/h5-10,13H,1-4H3/t13-/m1/s1. The number of halogens is 1. The second kappa shape index (κ2) is 7.25. The number of ketones is 1. The summed E-state index contributed by atoms with van der Waals surface area (Å²) in [5.41, 5.74) is 2.55. The third kappa shape index (κ3) is 3.79. The van der Waals surface area contributed by atoms with Crippen molar-refractivity contribution in [3.8, 4) is 5.75 Å². The van der Waals surface area contributed by atoms with Gasteiger partial charge < -0.3 is 9.47 Å². The summed E-state index contributed by atoms with van der Waals surface area (Å²) in [6.45, 7) is 5.35. The van der Waals surface area contributed by atoms with Crippen LogP contribution in [0.1, 0.15) is 38.8 Å². The molecule has 1 atom stereocenters. The molecule has 0 radical (unpaired) electrons. The molecule has 126 valence electrons. The first-order valence-corrected chi connectivity index (χ1v) is 7.49. The Bertz CT molecular complexity index is 783. The molecule has 2 rings (SSSR count). The summed E-state index contributed by atoms with van der Waals surface area (Å²) in [7, 11) is 1.33. The van der Waals surface area contributed by atoms with Crippen LogP contribution < -0.4 is 4.74 Å². The zero-order chi connectivity index (χ0) is 17.9. The minimum atomic E-state index is -0.968. The van der Waals surface area contributed by atoms with Gasteiger partial charge in [0.05, 0.1) is 12.7 Å². The summed E-state index contributed by atoms with van der Waals surface area (Å²) in [5.74, 6) is -1.70. The maximum atomic E-state index is 13.7. The third-order valence-corrected chi connectivity index (χ3v) is 3.83. The number of carbonyl (C=O) groups is 2. The van der Waals surface area contributed by atoms with E-state index in [0.29, 0.717) is 5.56 Å². The molecule has 0 fully saturated rings.